The fourth-order valence-corrected chi connectivity index (χ4v) is 1.29. The second kappa shape index (κ2) is 4.42. The summed E-state index contributed by atoms with van der Waals surface area (Å²) in [5.74, 6) is -0.790. The lowest BCUT2D eigenvalue weighted by Crippen LogP contribution is -2.43. The van der Waals surface area contributed by atoms with Crippen LogP contribution in [0.1, 0.15) is 19.8 Å². The van der Waals surface area contributed by atoms with Crippen LogP contribution in [0.4, 0.5) is 0 Å². The zero-order valence-corrected chi connectivity index (χ0v) is 7.25. The van der Waals surface area contributed by atoms with Crippen molar-refractivity contribution in [1.82, 2.24) is 5.32 Å². The van der Waals surface area contributed by atoms with Gasteiger partial charge in [-0.25, -0.2) is 0 Å². The molecular weight excluding hydrogens is 158 g/mol. The van der Waals surface area contributed by atoms with E-state index in [1.165, 1.54) is 0 Å². The maximum atomic E-state index is 10.5. The minimum Gasteiger partial charge on any atom is -0.480 e. The number of carbonyl (C=O) groups is 1. The predicted octanol–water partition coefficient (Wildman–Crippen LogP) is 0.228. The molecule has 0 aromatic rings. The number of nitrogens with one attached hydrogen (secondary N) is 1. The molecule has 12 heavy (non-hydrogen) atoms. The van der Waals surface area contributed by atoms with Gasteiger partial charge in [-0.2, -0.15) is 0 Å². The Morgan fingerprint density at radius 2 is 2.17 bits per heavy atom. The molecule has 0 aromatic heterocycles. The van der Waals surface area contributed by atoms with E-state index in [1.54, 1.807) is 6.92 Å². The average Bonchev–Trinajstić information content (AvgIpc) is 2.06. The number of ether oxygens (including phenoxy) is 1. The molecule has 1 aliphatic heterocycles. The van der Waals surface area contributed by atoms with Crippen LogP contribution in [0.25, 0.3) is 0 Å². The fourth-order valence-electron chi connectivity index (χ4n) is 1.29. The van der Waals surface area contributed by atoms with Crippen LogP contribution in [0.3, 0.4) is 0 Å². The number of carboxylic acids is 1. The topological polar surface area (TPSA) is 58.6 Å². The molecule has 1 fully saturated rings. The minimum atomic E-state index is -0.790. The van der Waals surface area contributed by atoms with Crippen molar-refractivity contribution < 1.29 is 14.6 Å². The Kier molecular flexibility index (Phi) is 3.49. The van der Waals surface area contributed by atoms with E-state index >= 15 is 0 Å². The monoisotopic (exact) mass is 173 g/mol. The summed E-state index contributed by atoms with van der Waals surface area (Å²) in [6.07, 6.45) is 1.83. The van der Waals surface area contributed by atoms with E-state index < -0.39 is 12.0 Å². The summed E-state index contributed by atoms with van der Waals surface area (Å²) in [6.45, 7) is 3.14. The molecule has 0 radical (unpaired) electrons. The first-order chi connectivity index (χ1) is 5.70. The van der Waals surface area contributed by atoms with Crippen molar-refractivity contribution in [2.75, 3.05) is 13.2 Å². The molecule has 4 nitrogen and oxygen atoms in total. The quantitative estimate of drug-likeness (QED) is 0.641. The smallest absolute Gasteiger partial charge is 0.320 e. The van der Waals surface area contributed by atoms with E-state index in [0.29, 0.717) is 6.04 Å². The zero-order valence-electron chi connectivity index (χ0n) is 7.25. The van der Waals surface area contributed by atoms with E-state index in [0.717, 1.165) is 26.1 Å². The number of hydrogen-bond donors (Lipinski definition) is 2. The first-order valence-electron chi connectivity index (χ1n) is 4.26. The van der Waals surface area contributed by atoms with Crippen molar-refractivity contribution in [3.8, 4) is 0 Å². The Labute approximate surface area is 71.9 Å². The van der Waals surface area contributed by atoms with Crippen LogP contribution in [0.15, 0.2) is 0 Å². The summed E-state index contributed by atoms with van der Waals surface area (Å²) in [4.78, 5) is 10.5. The largest absolute Gasteiger partial charge is 0.480 e. The summed E-state index contributed by atoms with van der Waals surface area (Å²) in [7, 11) is 0. The molecule has 0 unspecified atom stereocenters. The van der Waals surface area contributed by atoms with Gasteiger partial charge in [0.2, 0.25) is 0 Å². The number of aliphatic carboxylic acids is 1. The summed E-state index contributed by atoms with van der Waals surface area (Å²) in [5.41, 5.74) is 0. The molecule has 1 rings (SSSR count). The van der Waals surface area contributed by atoms with E-state index in [2.05, 4.69) is 5.32 Å². The Morgan fingerprint density at radius 3 is 2.67 bits per heavy atom. The number of rotatable bonds is 3. The van der Waals surface area contributed by atoms with Crippen molar-refractivity contribution in [2.24, 2.45) is 0 Å². The predicted molar refractivity (Wildman–Crippen MR) is 44.1 cm³/mol. The number of hydrogen-bond acceptors (Lipinski definition) is 3. The lowest BCUT2D eigenvalue weighted by molar-refractivity contribution is -0.139. The summed E-state index contributed by atoms with van der Waals surface area (Å²) in [6, 6.07) is -0.141. The van der Waals surface area contributed by atoms with Crippen molar-refractivity contribution in [3.63, 3.8) is 0 Å². The Morgan fingerprint density at radius 1 is 1.58 bits per heavy atom. The van der Waals surface area contributed by atoms with Crippen LogP contribution in [-0.2, 0) is 9.53 Å². The molecular formula is C8H15NO3. The molecule has 1 saturated heterocycles. The molecule has 70 valence electrons. The number of carboxylic acid groups (broad SMARTS) is 1. The Bertz CT molecular complexity index is 154. The van der Waals surface area contributed by atoms with Gasteiger partial charge in [-0.3, -0.25) is 4.79 Å². The van der Waals surface area contributed by atoms with Gasteiger partial charge in [-0.1, -0.05) is 0 Å². The van der Waals surface area contributed by atoms with E-state index in [9.17, 15) is 4.79 Å². The van der Waals surface area contributed by atoms with Crippen molar-refractivity contribution in [2.45, 2.75) is 31.8 Å². The van der Waals surface area contributed by atoms with Gasteiger partial charge >= 0.3 is 5.97 Å². The third-order valence-electron chi connectivity index (χ3n) is 2.08. The third-order valence-corrected chi connectivity index (χ3v) is 2.08. The van der Waals surface area contributed by atoms with Crippen molar-refractivity contribution in [1.29, 1.82) is 0 Å². The second-order valence-electron chi connectivity index (χ2n) is 3.11. The van der Waals surface area contributed by atoms with Crippen LogP contribution in [0.2, 0.25) is 0 Å². The highest BCUT2D eigenvalue weighted by Gasteiger charge is 2.18. The van der Waals surface area contributed by atoms with Gasteiger partial charge < -0.3 is 15.2 Å². The van der Waals surface area contributed by atoms with E-state index in [4.69, 9.17) is 9.84 Å². The Balaban J connectivity index is 2.24. The maximum Gasteiger partial charge on any atom is 0.320 e. The summed E-state index contributed by atoms with van der Waals surface area (Å²) >= 11 is 0. The van der Waals surface area contributed by atoms with Crippen LogP contribution < -0.4 is 5.32 Å². The molecule has 1 heterocycles. The lowest BCUT2D eigenvalue weighted by atomic mass is 10.1. The van der Waals surface area contributed by atoms with Gasteiger partial charge in [-0.05, 0) is 19.8 Å². The molecule has 1 atom stereocenters. The van der Waals surface area contributed by atoms with Crippen molar-refractivity contribution >= 4 is 5.97 Å². The van der Waals surface area contributed by atoms with Crippen LogP contribution in [-0.4, -0.2) is 36.4 Å². The van der Waals surface area contributed by atoms with Crippen molar-refractivity contribution in [3.05, 3.63) is 0 Å². The average molecular weight is 173 g/mol. The first-order valence-corrected chi connectivity index (χ1v) is 4.26. The SMILES string of the molecule is C[C@@H](NC1CCOCC1)C(=O)O. The standard InChI is InChI=1S/C8H15NO3/c1-6(8(10)11)9-7-2-4-12-5-3-7/h6-7,9H,2-5H2,1H3,(H,10,11)/t6-/m1/s1. The minimum absolute atomic E-state index is 0.310. The fraction of sp³-hybridized carbons (Fsp3) is 0.875. The summed E-state index contributed by atoms with van der Waals surface area (Å²) in [5, 5.41) is 11.7. The molecule has 1 aliphatic rings. The molecule has 0 aromatic carbocycles. The first kappa shape index (κ1) is 9.48. The van der Waals surface area contributed by atoms with Gasteiger partial charge in [0.15, 0.2) is 0 Å². The molecule has 2 N–H and O–H groups in total. The highest BCUT2D eigenvalue weighted by molar-refractivity contribution is 5.72. The molecule has 0 amide bonds. The molecule has 0 saturated carbocycles. The highest BCUT2D eigenvalue weighted by Crippen LogP contribution is 2.06. The van der Waals surface area contributed by atoms with Crippen LogP contribution in [0, 0.1) is 0 Å². The van der Waals surface area contributed by atoms with Crippen LogP contribution in [0.5, 0.6) is 0 Å². The van der Waals surface area contributed by atoms with Gasteiger partial charge in [-0.15, -0.1) is 0 Å². The zero-order chi connectivity index (χ0) is 8.97. The summed E-state index contributed by atoms with van der Waals surface area (Å²) < 4.78 is 5.15. The molecule has 0 bridgehead atoms. The maximum absolute atomic E-state index is 10.5. The lowest BCUT2D eigenvalue weighted by Gasteiger charge is -2.24. The molecule has 0 aliphatic carbocycles. The van der Waals surface area contributed by atoms with E-state index in [-0.39, 0.29) is 0 Å². The van der Waals surface area contributed by atoms with E-state index in [1.807, 2.05) is 0 Å². The van der Waals surface area contributed by atoms with Crippen LogP contribution >= 0.6 is 0 Å². The Hall–Kier alpha value is -0.610. The third kappa shape index (κ3) is 2.79. The molecule has 4 heteroatoms. The second-order valence-corrected chi connectivity index (χ2v) is 3.11. The van der Waals surface area contributed by atoms with Gasteiger partial charge in [0.25, 0.3) is 0 Å². The highest BCUT2D eigenvalue weighted by atomic mass is 16.5. The van der Waals surface area contributed by atoms with Gasteiger partial charge in [0.05, 0.1) is 0 Å². The van der Waals surface area contributed by atoms with Gasteiger partial charge in [0.1, 0.15) is 6.04 Å². The molecule has 0 spiro atoms. The van der Waals surface area contributed by atoms with Gasteiger partial charge in [0, 0.05) is 19.3 Å². The normalized spacial score (nSPS) is 22.1.